The summed E-state index contributed by atoms with van der Waals surface area (Å²) in [5.41, 5.74) is 2.20. The Balaban J connectivity index is 1.40. The first kappa shape index (κ1) is 19.6. The molecule has 1 saturated heterocycles. The highest BCUT2D eigenvalue weighted by Crippen LogP contribution is 2.33. The molecular weight excluding hydrogens is 382 g/mol. The predicted octanol–water partition coefficient (Wildman–Crippen LogP) is 5.61. The maximum atomic E-state index is 13.3. The molecule has 1 aliphatic rings. The van der Waals surface area contributed by atoms with Crippen LogP contribution in [0, 0.1) is 5.82 Å². The van der Waals surface area contributed by atoms with Crippen molar-refractivity contribution in [2.24, 2.45) is 0 Å². The third kappa shape index (κ3) is 4.67. The van der Waals surface area contributed by atoms with Crippen LogP contribution in [0.1, 0.15) is 35.6 Å². The van der Waals surface area contributed by atoms with E-state index in [1.54, 1.807) is 18.2 Å². The molecule has 0 bridgehead atoms. The standard InChI is InChI=1S/C22H21F4N3/c23-19-6-1-3-15(11-19)14-29-9-7-16(8-10-29)20-13-21(28-27-20)17-4-2-5-18(12-17)22(24,25)26/h1-6,11-13,16H,7-10,14H2,(H,27,28). The minimum Gasteiger partial charge on any atom is -0.299 e. The summed E-state index contributed by atoms with van der Waals surface area (Å²) in [6, 6.07) is 13.7. The Morgan fingerprint density at radius 1 is 1.00 bits per heavy atom. The van der Waals surface area contributed by atoms with Crippen LogP contribution in [-0.2, 0) is 12.7 Å². The molecule has 0 aliphatic carbocycles. The van der Waals surface area contributed by atoms with Crippen molar-refractivity contribution in [3.63, 3.8) is 0 Å². The van der Waals surface area contributed by atoms with Crippen molar-refractivity contribution in [2.45, 2.75) is 31.5 Å². The van der Waals surface area contributed by atoms with E-state index in [1.165, 1.54) is 12.1 Å². The number of benzene rings is 2. The topological polar surface area (TPSA) is 31.9 Å². The lowest BCUT2D eigenvalue weighted by molar-refractivity contribution is -0.137. The van der Waals surface area contributed by atoms with Crippen molar-refractivity contribution in [1.82, 2.24) is 15.1 Å². The van der Waals surface area contributed by atoms with E-state index in [0.29, 0.717) is 17.8 Å². The Morgan fingerprint density at radius 3 is 2.48 bits per heavy atom. The number of halogens is 4. The summed E-state index contributed by atoms with van der Waals surface area (Å²) < 4.78 is 52.2. The molecule has 1 aromatic heterocycles. The second-order valence-corrected chi connectivity index (χ2v) is 7.47. The zero-order valence-electron chi connectivity index (χ0n) is 15.7. The third-order valence-corrected chi connectivity index (χ3v) is 5.41. The van der Waals surface area contributed by atoms with Crippen LogP contribution in [0.2, 0.25) is 0 Å². The number of likely N-dealkylation sites (tertiary alicyclic amines) is 1. The van der Waals surface area contributed by atoms with Gasteiger partial charge in [-0.25, -0.2) is 4.39 Å². The highest BCUT2D eigenvalue weighted by Gasteiger charge is 2.30. The van der Waals surface area contributed by atoms with Gasteiger partial charge in [0.15, 0.2) is 0 Å². The minimum atomic E-state index is -4.37. The van der Waals surface area contributed by atoms with Crippen molar-refractivity contribution in [1.29, 1.82) is 0 Å². The molecule has 29 heavy (non-hydrogen) atoms. The number of nitrogens with zero attached hydrogens (tertiary/aromatic N) is 2. The second kappa shape index (κ2) is 7.99. The highest BCUT2D eigenvalue weighted by molar-refractivity contribution is 5.60. The van der Waals surface area contributed by atoms with E-state index >= 15 is 0 Å². The van der Waals surface area contributed by atoms with Gasteiger partial charge in [0.2, 0.25) is 0 Å². The van der Waals surface area contributed by atoms with Crippen molar-refractivity contribution in [2.75, 3.05) is 13.1 Å². The molecule has 0 radical (unpaired) electrons. The van der Waals surface area contributed by atoms with Crippen LogP contribution >= 0.6 is 0 Å². The lowest BCUT2D eigenvalue weighted by atomic mass is 9.93. The molecule has 0 spiro atoms. The molecule has 2 aromatic carbocycles. The Morgan fingerprint density at radius 2 is 1.76 bits per heavy atom. The van der Waals surface area contributed by atoms with Gasteiger partial charge in [0.05, 0.1) is 11.3 Å². The van der Waals surface area contributed by atoms with E-state index in [4.69, 9.17) is 0 Å². The van der Waals surface area contributed by atoms with Gasteiger partial charge in [0.25, 0.3) is 0 Å². The van der Waals surface area contributed by atoms with E-state index in [2.05, 4.69) is 15.1 Å². The summed E-state index contributed by atoms with van der Waals surface area (Å²) in [5, 5.41) is 7.24. The molecule has 0 unspecified atom stereocenters. The highest BCUT2D eigenvalue weighted by atomic mass is 19.4. The van der Waals surface area contributed by atoms with Gasteiger partial charge in [-0.1, -0.05) is 24.3 Å². The first-order valence-electron chi connectivity index (χ1n) is 9.58. The van der Waals surface area contributed by atoms with Crippen molar-refractivity contribution < 1.29 is 17.6 Å². The van der Waals surface area contributed by atoms with Crippen LogP contribution < -0.4 is 0 Å². The Labute approximate surface area is 166 Å². The smallest absolute Gasteiger partial charge is 0.299 e. The maximum absolute atomic E-state index is 13.3. The largest absolute Gasteiger partial charge is 0.416 e. The summed E-state index contributed by atoms with van der Waals surface area (Å²) in [7, 11) is 0. The minimum absolute atomic E-state index is 0.225. The third-order valence-electron chi connectivity index (χ3n) is 5.41. The van der Waals surface area contributed by atoms with E-state index in [9.17, 15) is 17.6 Å². The molecular formula is C22H21F4N3. The zero-order chi connectivity index (χ0) is 20.4. The number of aromatic nitrogens is 2. The van der Waals surface area contributed by atoms with Crippen LogP contribution in [0.25, 0.3) is 11.3 Å². The fraction of sp³-hybridized carbons (Fsp3) is 0.318. The van der Waals surface area contributed by atoms with Gasteiger partial charge in [-0.3, -0.25) is 10.00 Å². The van der Waals surface area contributed by atoms with E-state index < -0.39 is 11.7 Å². The average Bonchev–Trinajstić information content (AvgIpc) is 3.18. The van der Waals surface area contributed by atoms with Gasteiger partial charge in [0, 0.05) is 23.7 Å². The van der Waals surface area contributed by atoms with Crippen LogP contribution in [0.15, 0.2) is 54.6 Å². The molecule has 2 heterocycles. The zero-order valence-corrected chi connectivity index (χ0v) is 15.7. The normalized spacial score (nSPS) is 16.3. The van der Waals surface area contributed by atoms with Gasteiger partial charge in [-0.05, 0) is 61.8 Å². The summed E-state index contributed by atoms with van der Waals surface area (Å²) in [5.74, 6) is 0.0581. The lowest BCUT2D eigenvalue weighted by Gasteiger charge is -2.31. The molecule has 0 amide bonds. The number of piperidine rings is 1. The summed E-state index contributed by atoms with van der Waals surface area (Å²) in [6.07, 6.45) is -2.54. The molecule has 1 aliphatic heterocycles. The number of H-pyrrole nitrogens is 1. The first-order chi connectivity index (χ1) is 13.9. The molecule has 3 aromatic rings. The Hall–Kier alpha value is -2.67. The van der Waals surface area contributed by atoms with Crippen molar-refractivity contribution >= 4 is 0 Å². The Bertz CT molecular complexity index is 972. The number of aromatic amines is 1. The quantitative estimate of drug-likeness (QED) is 0.574. The monoisotopic (exact) mass is 403 g/mol. The number of hydrogen-bond donors (Lipinski definition) is 1. The molecule has 1 fully saturated rings. The molecule has 0 atom stereocenters. The lowest BCUT2D eigenvalue weighted by Crippen LogP contribution is -2.32. The Kier molecular flexibility index (Phi) is 5.41. The van der Waals surface area contributed by atoms with E-state index in [1.807, 2.05) is 12.1 Å². The average molecular weight is 403 g/mol. The molecule has 0 saturated carbocycles. The van der Waals surface area contributed by atoms with E-state index in [0.717, 1.165) is 49.3 Å². The van der Waals surface area contributed by atoms with Gasteiger partial charge < -0.3 is 0 Å². The molecule has 152 valence electrons. The van der Waals surface area contributed by atoms with Gasteiger partial charge in [-0.15, -0.1) is 0 Å². The second-order valence-electron chi connectivity index (χ2n) is 7.47. The van der Waals surface area contributed by atoms with Crippen LogP contribution in [0.5, 0.6) is 0 Å². The molecule has 3 nitrogen and oxygen atoms in total. The predicted molar refractivity (Wildman–Crippen MR) is 103 cm³/mol. The first-order valence-corrected chi connectivity index (χ1v) is 9.58. The molecule has 7 heteroatoms. The number of alkyl halides is 3. The maximum Gasteiger partial charge on any atom is 0.416 e. The number of hydrogen-bond acceptors (Lipinski definition) is 2. The SMILES string of the molecule is Fc1cccc(CN2CCC(c3cc(-c4cccc(C(F)(F)F)c4)n[nH]3)CC2)c1. The van der Waals surface area contributed by atoms with Crippen molar-refractivity contribution in [3.8, 4) is 11.3 Å². The van der Waals surface area contributed by atoms with Gasteiger partial charge >= 0.3 is 6.18 Å². The summed E-state index contributed by atoms with van der Waals surface area (Å²) >= 11 is 0. The fourth-order valence-corrected chi connectivity index (χ4v) is 3.84. The summed E-state index contributed by atoms with van der Waals surface area (Å²) in [6.45, 7) is 2.46. The van der Waals surface area contributed by atoms with E-state index in [-0.39, 0.29) is 11.7 Å². The van der Waals surface area contributed by atoms with Crippen LogP contribution in [0.4, 0.5) is 17.6 Å². The fourth-order valence-electron chi connectivity index (χ4n) is 3.84. The summed E-state index contributed by atoms with van der Waals surface area (Å²) in [4.78, 5) is 2.29. The van der Waals surface area contributed by atoms with Crippen LogP contribution in [-0.4, -0.2) is 28.2 Å². The van der Waals surface area contributed by atoms with Gasteiger partial charge in [-0.2, -0.15) is 18.3 Å². The molecule has 4 rings (SSSR count). The number of nitrogens with one attached hydrogen (secondary N) is 1. The van der Waals surface area contributed by atoms with Crippen LogP contribution in [0.3, 0.4) is 0 Å². The molecule has 1 N–H and O–H groups in total. The van der Waals surface area contributed by atoms with Crippen molar-refractivity contribution in [3.05, 3.63) is 77.2 Å². The van der Waals surface area contributed by atoms with Gasteiger partial charge in [0.1, 0.15) is 5.82 Å². The number of rotatable bonds is 4.